The van der Waals surface area contributed by atoms with Gasteiger partial charge in [-0.3, -0.25) is 14.4 Å². The van der Waals surface area contributed by atoms with Gasteiger partial charge in [-0.25, -0.2) is 0 Å². The average Bonchev–Trinajstić information content (AvgIpc) is 2.82. The van der Waals surface area contributed by atoms with Gasteiger partial charge in [-0.05, 0) is 90.0 Å². The minimum atomic E-state index is -0.704. The number of Topliss-reactive ketones (excluding diaryl/α,β-unsaturated/α-hetero) is 1. The first-order valence-electron chi connectivity index (χ1n) is 14.6. The van der Waals surface area contributed by atoms with Gasteiger partial charge < -0.3 is 14.6 Å². The zero-order chi connectivity index (χ0) is 28.8. The lowest BCUT2D eigenvalue weighted by molar-refractivity contribution is -0.165. The molecule has 0 saturated heterocycles. The van der Waals surface area contributed by atoms with Gasteiger partial charge in [0.2, 0.25) is 0 Å². The summed E-state index contributed by atoms with van der Waals surface area (Å²) in [6, 6.07) is 0. The van der Waals surface area contributed by atoms with Crippen LogP contribution in [0, 0.1) is 34.5 Å². The van der Waals surface area contributed by atoms with Gasteiger partial charge in [-0.15, -0.1) is 0 Å². The number of ether oxygens (including phenoxy) is 2. The van der Waals surface area contributed by atoms with Crippen molar-refractivity contribution >= 4 is 17.7 Å². The highest BCUT2D eigenvalue weighted by Gasteiger charge is 2.43. The van der Waals surface area contributed by atoms with Crippen molar-refractivity contribution in [2.24, 2.45) is 34.5 Å². The third-order valence-electron chi connectivity index (χ3n) is 8.88. The van der Waals surface area contributed by atoms with E-state index in [0.29, 0.717) is 18.8 Å². The molecule has 0 radical (unpaired) electrons. The van der Waals surface area contributed by atoms with Crippen molar-refractivity contribution in [3.8, 4) is 0 Å². The number of carbonyl (C=O) groups excluding carboxylic acids is 3. The fourth-order valence-electron chi connectivity index (χ4n) is 5.42. The van der Waals surface area contributed by atoms with E-state index in [-0.39, 0.29) is 54.4 Å². The predicted molar refractivity (Wildman–Crippen MR) is 150 cm³/mol. The molecule has 0 heterocycles. The molecule has 0 aromatic rings. The molecule has 6 heteroatoms. The highest BCUT2D eigenvalue weighted by Crippen LogP contribution is 2.45. The van der Waals surface area contributed by atoms with Crippen LogP contribution >= 0.6 is 0 Å². The van der Waals surface area contributed by atoms with Crippen LogP contribution in [0.4, 0.5) is 0 Å². The fraction of sp³-hybridized carbons (Fsp3) is 0.781. The molecule has 38 heavy (non-hydrogen) atoms. The summed E-state index contributed by atoms with van der Waals surface area (Å²) in [5.74, 6) is 0.339. The maximum atomic E-state index is 13.0. The highest BCUT2D eigenvalue weighted by atomic mass is 16.5. The third-order valence-corrected chi connectivity index (χ3v) is 8.88. The lowest BCUT2D eigenvalue weighted by Crippen LogP contribution is -2.43. The Kier molecular flexibility index (Phi) is 11.4. The van der Waals surface area contributed by atoms with Crippen LogP contribution < -0.4 is 0 Å². The largest absolute Gasteiger partial charge is 0.461 e. The van der Waals surface area contributed by atoms with Crippen molar-refractivity contribution in [2.75, 3.05) is 0 Å². The molecule has 0 fully saturated rings. The molecular weight excluding hydrogens is 480 g/mol. The Balaban J connectivity index is 2.14. The minimum Gasteiger partial charge on any atom is -0.461 e. The number of carbonyl (C=O) groups is 3. The SMILES string of the molecule is CCC(C)(C)C(=O)O[C@@H](CC(C)=O)C[C@H](O)CC[C@@H]1C2C(=C[C@H](C)C[C@@H]2OC(=O)C(C)(C)CC)C=C[C@@H]1C. The van der Waals surface area contributed by atoms with Crippen LogP contribution in [0.2, 0.25) is 0 Å². The third kappa shape index (κ3) is 8.53. The Morgan fingerprint density at radius 3 is 2.24 bits per heavy atom. The number of ketones is 1. The number of allylic oxidation sites excluding steroid dienone is 3. The molecule has 2 aliphatic rings. The minimum absolute atomic E-state index is 0.0684. The molecule has 1 unspecified atom stereocenters. The van der Waals surface area contributed by atoms with Crippen molar-refractivity contribution in [3.05, 3.63) is 23.8 Å². The normalized spacial score (nSPS) is 27.1. The summed E-state index contributed by atoms with van der Waals surface area (Å²) < 4.78 is 11.9. The molecule has 0 aromatic carbocycles. The summed E-state index contributed by atoms with van der Waals surface area (Å²) in [7, 11) is 0. The van der Waals surface area contributed by atoms with Gasteiger partial charge in [-0.2, -0.15) is 0 Å². The molecule has 0 aliphatic heterocycles. The maximum absolute atomic E-state index is 13.0. The molecule has 2 aliphatic carbocycles. The molecule has 7 atom stereocenters. The summed E-state index contributed by atoms with van der Waals surface area (Å²) in [4.78, 5) is 37.5. The standard InChI is InChI=1S/C32H52O6/c1-10-31(6,7)29(35)37-25(18-22(5)33)19-24(34)14-15-26-21(4)12-13-23-16-20(3)17-27(28(23)26)38-30(36)32(8,9)11-2/h12-13,16,20-21,24-28,34H,10-11,14-15,17-19H2,1-9H3/t20-,21-,24+,25-,26-,27-,28?/m0/s1. The van der Waals surface area contributed by atoms with E-state index in [0.717, 1.165) is 19.3 Å². The van der Waals surface area contributed by atoms with Crippen LogP contribution in [-0.2, 0) is 23.9 Å². The van der Waals surface area contributed by atoms with E-state index < -0.39 is 23.0 Å². The van der Waals surface area contributed by atoms with E-state index in [1.807, 2.05) is 41.5 Å². The first-order valence-corrected chi connectivity index (χ1v) is 14.6. The molecule has 0 saturated carbocycles. The summed E-state index contributed by atoms with van der Waals surface area (Å²) in [5.41, 5.74) is 0.0596. The molecule has 0 amide bonds. The highest BCUT2D eigenvalue weighted by molar-refractivity contribution is 5.78. The lowest BCUT2D eigenvalue weighted by Gasteiger charge is -2.44. The number of esters is 2. The van der Waals surface area contributed by atoms with Crippen molar-refractivity contribution < 1.29 is 29.0 Å². The van der Waals surface area contributed by atoms with Gasteiger partial charge in [0, 0.05) is 18.8 Å². The number of rotatable bonds is 13. The Labute approximate surface area is 230 Å². The van der Waals surface area contributed by atoms with Crippen LogP contribution in [0.1, 0.15) is 107 Å². The van der Waals surface area contributed by atoms with Crippen molar-refractivity contribution in [3.63, 3.8) is 0 Å². The number of aliphatic hydroxyl groups excluding tert-OH is 1. The number of aliphatic hydroxyl groups is 1. The van der Waals surface area contributed by atoms with Crippen LogP contribution in [0.15, 0.2) is 23.8 Å². The molecule has 216 valence electrons. The van der Waals surface area contributed by atoms with E-state index in [2.05, 4.69) is 32.1 Å². The Morgan fingerprint density at radius 2 is 1.66 bits per heavy atom. The van der Waals surface area contributed by atoms with E-state index in [4.69, 9.17) is 9.47 Å². The second kappa shape index (κ2) is 13.4. The molecule has 0 aromatic heterocycles. The zero-order valence-electron chi connectivity index (χ0n) is 25.2. The molecule has 0 bridgehead atoms. The average molecular weight is 533 g/mol. The van der Waals surface area contributed by atoms with Crippen LogP contribution in [-0.4, -0.2) is 41.1 Å². The predicted octanol–water partition coefficient (Wildman–Crippen LogP) is 6.60. The second-order valence-corrected chi connectivity index (χ2v) is 13.1. The monoisotopic (exact) mass is 532 g/mol. The number of fused-ring (bicyclic) bond motifs is 1. The fourth-order valence-corrected chi connectivity index (χ4v) is 5.42. The van der Waals surface area contributed by atoms with E-state index >= 15 is 0 Å². The van der Waals surface area contributed by atoms with Crippen molar-refractivity contribution in [1.82, 2.24) is 0 Å². The van der Waals surface area contributed by atoms with Gasteiger partial charge >= 0.3 is 11.9 Å². The second-order valence-electron chi connectivity index (χ2n) is 13.1. The van der Waals surface area contributed by atoms with Crippen LogP contribution in [0.3, 0.4) is 0 Å². The first kappa shape index (κ1) is 32.3. The maximum Gasteiger partial charge on any atom is 0.311 e. The summed E-state index contributed by atoms with van der Waals surface area (Å²) >= 11 is 0. The van der Waals surface area contributed by atoms with Gasteiger partial charge in [0.15, 0.2) is 0 Å². The van der Waals surface area contributed by atoms with Gasteiger partial charge in [0.25, 0.3) is 0 Å². The quantitative estimate of drug-likeness (QED) is 0.269. The van der Waals surface area contributed by atoms with Crippen LogP contribution in [0.5, 0.6) is 0 Å². The van der Waals surface area contributed by atoms with Crippen LogP contribution in [0.25, 0.3) is 0 Å². The Bertz CT molecular complexity index is 898. The number of hydrogen-bond acceptors (Lipinski definition) is 6. The van der Waals surface area contributed by atoms with Gasteiger partial charge in [0.05, 0.1) is 16.9 Å². The smallest absolute Gasteiger partial charge is 0.311 e. The summed E-state index contributed by atoms with van der Waals surface area (Å²) in [6.07, 6.45) is 8.90. The van der Waals surface area contributed by atoms with Crippen molar-refractivity contribution in [1.29, 1.82) is 0 Å². The molecule has 0 spiro atoms. The lowest BCUT2D eigenvalue weighted by atomic mass is 9.65. The summed E-state index contributed by atoms with van der Waals surface area (Å²) in [6.45, 7) is 17.3. The van der Waals surface area contributed by atoms with E-state index in [9.17, 15) is 19.5 Å². The zero-order valence-corrected chi connectivity index (χ0v) is 25.2. The Hall–Kier alpha value is -1.95. The van der Waals surface area contributed by atoms with Gasteiger partial charge in [0.1, 0.15) is 18.0 Å². The van der Waals surface area contributed by atoms with E-state index in [1.165, 1.54) is 12.5 Å². The first-order chi connectivity index (χ1) is 17.6. The molecule has 6 nitrogen and oxygen atoms in total. The summed E-state index contributed by atoms with van der Waals surface area (Å²) in [5, 5.41) is 11.0. The van der Waals surface area contributed by atoms with Gasteiger partial charge in [-0.1, -0.05) is 45.9 Å². The molecular formula is C32H52O6. The Morgan fingerprint density at radius 1 is 1.05 bits per heavy atom. The molecule has 1 N–H and O–H groups in total. The number of hydrogen-bond donors (Lipinski definition) is 1. The topological polar surface area (TPSA) is 89.9 Å². The molecule has 2 rings (SSSR count). The van der Waals surface area contributed by atoms with E-state index in [1.54, 1.807) is 0 Å². The van der Waals surface area contributed by atoms with Crippen molar-refractivity contribution in [2.45, 2.75) is 126 Å².